The second-order valence-corrected chi connectivity index (χ2v) is 4.14. The van der Waals surface area contributed by atoms with Gasteiger partial charge in [0.25, 0.3) is 0 Å². The summed E-state index contributed by atoms with van der Waals surface area (Å²) in [4.78, 5) is 10.9. The Bertz CT molecular complexity index is 163. The van der Waals surface area contributed by atoms with E-state index in [0.717, 1.165) is 19.3 Å². The second kappa shape index (κ2) is 3.92. The number of rotatable bonds is 2. The van der Waals surface area contributed by atoms with Gasteiger partial charge in [-0.3, -0.25) is 4.79 Å². The highest BCUT2D eigenvalue weighted by molar-refractivity contribution is 5.70. The summed E-state index contributed by atoms with van der Waals surface area (Å²) < 4.78 is 0. The van der Waals surface area contributed by atoms with Crippen molar-refractivity contribution in [3.8, 4) is 0 Å². The standard InChI is InChI=1S/C10H18O2/c1-7(2)8-5-3-4-6-9(8)10(11)12/h7-9H,3-6H2,1-2H3,(H,11,12)/t8-,9+/m1/s1. The van der Waals surface area contributed by atoms with Gasteiger partial charge in [-0.2, -0.15) is 0 Å². The average Bonchev–Trinajstić information content (AvgIpc) is 2.04. The van der Waals surface area contributed by atoms with E-state index in [-0.39, 0.29) is 5.92 Å². The molecular formula is C10H18O2. The third-order valence-electron chi connectivity index (χ3n) is 2.99. The minimum absolute atomic E-state index is 0.0706. The molecule has 0 unspecified atom stereocenters. The lowest BCUT2D eigenvalue weighted by atomic mass is 9.73. The second-order valence-electron chi connectivity index (χ2n) is 4.14. The summed E-state index contributed by atoms with van der Waals surface area (Å²) in [5, 5.41) is 8.96. The van der Waals surface area contributed by atoms with Crippen molar-refractivity contribution < 1.29 is 9.90 Å². The van der Waals surface area contributed by atoms with Gasteiger partial charge in [0.15, 0.2) is 0 Å². The molecule has 1 aliphatic carbocycles. The normalized spacial score (nSPS) is 30.6. The van der Waals surface area contributed by atoms with Crippen molar-refractivity contribution in [1.82, 2.24) is 0 Å². The molecule has 1 fully saturated rings. The van der Waals surface area contributed by atoms with Crippen molar-refractivity contribution in [2.45, 2.75) is 39.5 Å². The van der Waals surface area contributed by atoms with Crippen LogP contribution in [0, 0.1) is 17.8 Å². The van der Waals surface area contributed by atoms with Gasteiger partial charge in [-0.1, -0.05) is 26.7 Å². The molecule has 2 nitrogen and oxygen atoms in total. The zero-order valence-electron chi connectivity index (χ0n) is 7.92. The van der Waals surface area contributed by atoms with Crippen LogP contribution in [-0.2, 0) is 4.79 Å². The Morgan fingerprint density at radius 1 is 1.33 bits per heavy atom. The maximum absolute atomic E-state index is 10.9. The van der Waals surface area contributed by atoms with E-state index in [9.17, 15) is 4.79 Å². The minimum Gasteiger partial charge on any atom is -0.481 e. The van der Waals surface area contributed by atoms with Crippen LogP contribution in [0.1, 0.15) is 39.5 Å². The van der Waals surface area contributed by atoms with Gasteiger partial charge in [0.1, 0.15) is 0 Å². The van der Waals surface area contributed by atoms with Crippen molar-refractivity contribution in [1.29, 1.82) is 0 Å². The molecule has 1 N–H and O–H groups in total. The number of aliphatic carboxylic acids is 1. The lowest BCUT2D eigenvalue weighted by molar-refractivity contribution is -0.145. The zero-order valence-corrected chi connectivity index (χ0v) is 7.92. The summed E-state index contributed by atoms with van der Waals surface area (Å²) in [6.45, 7) is 4.26. The molecule has 0 aromatic carbocycles. The Labute approximate surface area is 74.0 Å². The van der Waals surface area contributed by atoms with Crippen LogP contribution < -0.4 is 0 Å². The van der Waals surface area contributed by atoms with Crippen molar-refractivity contribution in [2.24, 2.45) is 17.8 Å². The van der Waals surface area contributed by atoms with E-state index in [1.165, 1.54) is 6.42 Å². The van der Waals surface area contributed by atoms with E-state index in [1.54, 1.807) is 0 Å². The molecule has 2 atom stereocenters. The van der Waals surface area contributed by atoms with E-state index in [1.807, 2.05) is 0 Å². The molecule has 12 heavy (non-hydrogen) atoms. The molecule has 70 valence electrons. The largest absolute Gasteiger partial charge is 0.481 e. The third-order valence-corrected chi connectivity index (χ3v) is 2.99. The molecule has 1 saturated carbocycles. The van der Waals surface area contributed by atoms with E-state index < -0.39 is 5.97 Å². The number of hydrogen-bond acceptors (Lipinski definition) is 1. The first-order chi connectivity index (χ1) is 5.63. The molecule has 0 amide bonds. The molecule has 0 spiro atoms. The quantitative estimate of drug-likeness (QED) is 0.691. The van der Waals surface area contributed by atoms with Crippen LogP contribution >= 0.6 is 0 Å². The summed E-state index contributed by atoms with van der Waals surface area (Å²) in [7, 11) is 0. The predicted molar refractivity (Wildman–Crippen MR) is 47.9 cm³/mol. The number of carboxylic acids is 1. The molecule has 0 aromatic heterocycles. The highest BCUT2D eigenvalue weighted by Crippen LogP contribution is 2.34. The molecule has 0 aromatic rings. The van der Waals surface area contributed by atoms with Crippen molar-refractivity contribution >= 4 is 5.97 Å². The lowest BCUT2D eigenvalue weighted by Gasteiger charge is -2.31. The Hall–Kier alpha value is -0.530. The highest BCUT2D eigenvalue weighted by Gasteiger charge is 2.32. The van der Waals surface area contributed by atoms with E-state index in [2.05, 4.69) is 13.8 Å². The molecule has 0 heterocycles. The van der Waals surface area contributed by atoms with Crippen LogP contribution in [0.4, 0.5) is 0 Å². The van der Waals surface area contributed by atoms with Gasteiger partial charge in [-0.05, 0) is 24.7 Å². The van der Waals surface area contributed by atoms with Crippen LogP contribution in [0.2, 0.25) is 0 Å². The maximum Gasteiger partial charge on any atom is 0.306 e. The SMILES string of the molecule is CC(C)[C@H]1CCCC[C@@H]1C(=O)O. The number of hydrogen-bond donors (Lipinski definition) is 1. The number of carboxylic acid groups (broad SMARTS) is 1. The first kappa shape index (κ1) is 9.56. The highest BCUT2D eigenvalue weighted by atomic mass is 16.4. The average molecular weight is 170 g/mol. The maximum atomic E-state index is 10.9. The number of carbonyl (C=O) groups is 1. The summed E-state index contributed by atoms with van der Waals surface area (Å²) in [5.41, 5.74) is 0. The topological polar surface area (TPSA) is 37.3 Å². The third kappa shape index (κ3) is 1.99. The fraction of sp³-hybridized carbons (Fsp3) is 0.900. The van der Waals surface area contributed by atoms with E-state index in [0.29, 0.717) is 11.8 Å². The summed E-state index contributed by atoms with van der Waals surface area (Å²) >= 11 is 0. The van der Waals surface area contributed by atoms with Gasteiger partial charge in [0, 0.05) is 0 Å². The van der Waals surface area contributed by atoms with Gasteiger partial charge >= 0.3 is 5.97 Å². The summed E-state index contributed by atoms with van der Waals surface area (Å²) in [6.07, 6.45) is 4.31. The Balaban J connectivity index is 2.60. The van der Waals surface area contributed by atoms with Crippen molar-refractivity contribution in [2.75, 3.05) is 0 Å². The molecule has 0 saturated heterocycles. The summed E-state index contributed by atoms with van der Waals surface area (Å²) in [6, 6.07) is 0. The van der Waals surface area contributed by atoms with Gasteiger partial charge in [0.2, 0.25) is 0 Å². The fourth-order valence-corrected chi connectivity index (χ4v) is 2.26. The molecule has 0 aliphatic heterocycles. The summed E-state index contributed by atoms with van der Waals surface area (Å²) in [5.74, 6) is 0.273. The van der Waals surface area contributed by atoms with Crippen molar-refractivity contribution in [3.63, 3.8) is 0 Å². The lowest BCUT2D eigenvalue weighted by Crippen LogP contribution is -2.30. The van der Waals surface area contributed by atoms with Crippen LogP contribution in [0.3, 0.4) is 0 Å². The van der Waals surface area contributed by atoms with Gasteiger partial charge in [-0.25, -0.2) is 0 Å². The molecule has 2 heteroatoms. The smallest absolute Gasteiger partial charge is 0.306 e. The molecule has 1 aliphatic rings. The molecule has 0 bridgehead atoms. The van der Waals surface area contributed by atoms with Crippen molar-refractivity contribution in [3.05, 3.63) is 0 Å². The van der Waals surface area contributed by atoms with Crippen LogP contribution in [0.5, 0.6) is 0 Å². The Kier molecular flexibility index (Phi) is 3.12. The predicted octanol–water partition coefficient (Wildman–Crippen LogP) is 2.53. The molecule has 1 rings (SSSR count). The van der Waals surface area contributed by atoms with Crippen LogP contribution in [0.25, 0.3) is 0 Å². The van der Waals surface area contributed by atoms with Crippen LogP contribution in [0.15, 0.2) is 0 Å². The molecular weight excluding hydrogens is 152 g/mol. The van der Waals surface area contributed by atoms with Gasteiger partial charge in [-0.15, -0.1) is 0 Å². The first-order valence-electron chi connectivity index (χ1n) is 4.85. The first-order valence-corrected chi connectivity index (χ1v) is 4.85. The Morgan fingerprint density at radius 3 is 2.33 bits per heavy atom. The van der Waals surface area contributed by atoms with E-state index in [4.69, 9.17) is 5.11 Å². The molecule has 0 radical (unpaired) electrons. The van der Waals surface area contributed by atoms with Gasteiger partial charge in [0.05, 0.1) is 5.92 Å². The Morgan fingerprint density at radius 2 is 1.92 bits per heavy atom. The zero-order chi connectivity index (χ0) is 9.14. The fourth-order valence-electron chi connectivity index (χ4n) is 2.26. The van der Waals surface area contributed by atoms with E-state index >= 15 is 0 Å². The monoisotopic (exact) mass is 170 g/mol. The minimum atomic E-state index is -0.589. The van der Waals surface area contributed by atoms with Crippen LogP contribution in [-0.4, -0.2) is 11.1 Å². The van der Waals surface area contributed by atoms with Gasteiger partial charge < -0.3 is 5.11 Å².